The van der Waals surface area contributed by atoms with Crippen LogP contribution in [0.4, 0.5) is 0 Å². The highest BCUT2D eigenvalue weighted by Gasteiger charge is 2.15. The van der Waals surface area contributed by atoms with Crippen molar-refractivity contribution in [3.05, 3.63) is 35.9 Å². The van der Waals surface area contributed by atoms with Crippen molar-refractivity contribution in [3.63, 3.8) is 0 Å². The van der Waals surface area contributed by atoms with E-state index in [0.717, 1.165) is 58.3 Å². The summed E-state index contributed by atoms with van der Waals surface area (Å²) in [7, 11) is 0. The van der Waals surface area contributed by atoms with E-state index in [1.165, 1.54) is 5.56 Å². The molecule has 1 heterocycles. The van der Waals surface area contributed by atoms with Crippen molar-refractivity contribution < 1.29 is 14.2 Å². The van der Waals surface area contributed by atoms with Crippen LogP contribution in [0, 0.1) is 0 Å². The molecule has 1 fully saturated rings. The Morgan fingerprint density at radius 2 is 2.12 bits per heavy atom. The summed E-state index contributed by atoms with van der Waals surface area (Å²) in [6, 6.07) is 10.2. The van der Waals surface area contributed by atoms with Crippen molar-refractivity contribution in [2.75, 3.05) is 46.1 Å². The van der Waals surface area contributed by atoms with Crippen LogP contribution in [0.3, 0.4) is 0 Å². The molecule has 0 spiro atoms. The van der Waals surface area contributed by atoms with Gasteiger partial charge in [0.15, 0.2) is 5.96 Å². The second-order valence-corrected chi connectivity index (χ2v) is 5.94. The summed E-state index contributed by atoms with van der Waals surface area (Å²) < 4.78 is 16.7. The molecule has 1 aliphatic rings. The van der Waals surface area contributed by atoms with Gasteiger partial charge in [-0.05, 0) is 25.3 Å². The lowest BCUT2D eigenvalue weighted by atomic mass is 10.2. The number of aliphatic imine (C=N–C) groups is 1. The minimum atomic E-state index is 0.275. The summed E-state index contributed by atoms with van der Waals surface area (Å²) in [5.41, 5.74) is 1.19. The lowest BCUT2D eigenvalue weighted by Gasteiger charge is -2.12. The van der Waals surface area contributed by atoms with E-state index in [4.69, 9.17) is 14.2 Å². The fraction of sp³-hybridized carbons (Fsp3) is 0.632. The number of hydrogen-bond acceptors (Lipinski definition) is 4. The number of hydrogen-bond donors (Lipinski definition) is 2. The molecular formula is C19H31N3O3. The third-order valence-electron chi connectivity index (χ3n) is 3.81. The standard InChI is InChI=1S/C19H31N3O3/c1-2-20-19(21-10-6-12-25-18-9-13-23-16-18)22-11-14-24-15-17-7-4-3-5-8-17/h3-5,7-8,18H,2,6,9-16H2,1H3,(H2,20,21,22). The lowest BCUT2D eigenvalue weighted by molar-refractivity contribution is 0.0424. The summed E-state index contributed by atoms with van der Waals surface area (Å²) in [6.45, 7) is 7.95. The number of benzene rings is 1. The van der Waals surface area contributed by atoms with Gasteiger partial charge in [-0.1, -0.05) is 30.3 Å². The topological polar surface area (TPSA) is 64.1 Å². The maximum absolute atomic E-state index is 5.74. The summed E-state index contributed by atoms with van der Waals surface area (Å²) >= 11 is 0. The van der Waals surface area contributed by atoms with Crippen LogP contribution in [-0.4, -0.2) is 58.1 Å². The van der Waals surface area contributed by atoms with Crippen molar-refractivity contribution in [3.8, 4) is 0 Å². The van der Waals surface area contributed by atoms with Gasteiger partial charge in [0, 0.05) is 32.8 Å². The molecule has 0 aromatic heterocycles. The van der Waals surface area contributed by atoms with Gasteiger partial charge in [0.2, 0.25) is 0 Å². The largest absolute Gasteiger partial charge is 0.379 e. The fourth-order valence-corrected chi connectivity index (χ4v) is 2.50. The zero-order valence-corrected chi connectivity index (χ0v) is 15.2. The van der Waals surface area contributed by atoms with E-state index in [2.05, 4.69) is 34.7 Å². The molecule has 1 aromatic rings. The zero-order chi connectivity index (χ0) is 17.6. The molecule has 140 valence electrons. The third kappa shape index (κ3) is 8.86. The molecule has 0 bridgehead atoms. The van der Waals surface area contributed by atoms with Crippen molar-refractivity contribution >= 4 is 5.96 Å². The first kappa shape index (κ1) is 19.7. The molecule has 6 heteroatoms. The van der Waals surface area contributed by atoms with E-state index in [9.17, 15) is 0 Å². The Labute approximate surface area is 151 Å². The van der Waals surface area contributed by atoms with Gasteiger partial charge >= 0.3 is 0 Å². The van der Waals surface area contributed by atoms with Crippen LogP contribution in [0.1, 0.15) is 25.3 Å². The number of ether oxygens (including phenoxy) is 3. The average molecular weight is 349 g/mol. The normalized spacial score (nSPS) is 17.6. The molecule has 0 radical (unpaired) electrons. The van der Waals surface area contributed by atoms with E-state index in [0.29, 0.717) is 13.2 Å². The quantitative estimate of drug-likeness (QED) is 0.363. The molecule has 0 saturated carbocycles. The van der Waals surface area contributed by atoms with Crippen LogP contribution in [-0.2, 0) is 20.8 Å². The predicted octanol–water partition coefficient (Wildman–Crippen LogP) is 1.95. The average Bonchev–Trinajstić information content (AvgIpc) is 3.15. The maximum atomic E-state index is 5.74. The molecule has 1 atom stereocenters. The number of nitrogens with one attached hydrogen (secondary N) is 2. The summed E-state index contributed by atoms with van der Waals surface area (Å²) in [4.78, 5) is 4.56. The van der Waals surface area contributed by atoms with Gasteiger partial charge in [0.25, 0.3) is 0 Å². The first-order valence-electron chi connectivity index (χ1n) is 9.21. The zero-order valence-electron chi connectivity index (χ0n) is 15.2. The number of rotatable bonds is 11. The molecule has 1 saturated heterocycles. The molecule has 1 unspecified atom stereocenters. The lowest BCUT2D eigenvalue weighted by Crippen LogP contribution is -2.39. The van der Waals surface area contributed by atoms with Crippen LogP contribution >= 0.6 is 0 Å². The Balaban J connectivity index is 1.53. The minimum absolute atomic E-state index is 0.275. The second-order valence-electron chi connectivity index (χ2n) is 5.94. The monoisotopic (exact) mass is 349 g/mol. The highest BCUT2D eigenvalue weighted by atomic mass is 16.5. The van der Waals surface area contributed by atoms with E-state index in [1.807, 2.05) is 18.2 Å². The van der Waals surface area contributed by atoms with Gasteiger partial charge in [-0.2, -0.15) is 0 Å². The molecule has 25 heavy (non-hydrogen) atoms. The Bertz CT molecular complexity index is 476. The van der Waals surface area contributed by atoms with Crippen molar-refractivity contribution in [1.82, 2.24) is 10.6 Å². The van der Waals surface area contributed by atoms with E-state index < -0.39 is 0 Å². The number of guanidine groups is 1. The first-order chi connectivity index (χ1) is 12.4. The Hall–Kier alpha value is -1.63. The van der Waals surface area contributed by atoms with Crippen LogP contribution in [0.5, 0.6) is 0 Å². The van der Waals surface area contributed by atoms with Crippen LogP contribution in [0.15, 0.2) is 35.3 Å². The van der Waals surface area contributed by atoms with Gasteiger partial charge in [0.05, 0.1) is 25.9 Å². The van der Waals surface area contributed by atoms with Crippen LogP contribution in [0.2, 0.25) is 0 Å². The maximum Gasteiger partial charge on any atom is 0.191 e. The molecule has 0 amide bonds. The molecule has 2 rings (SSSR count). The molecule has 1 aliphatic heterocycles. The molecule has 1 aromatic carbocycles. The van der Waals surface area contributed by atoms with Gasteiger partial charge in [-0.25, -0.2) is 0 Å². The molecule has 0 aliphatic carbocycles. The summed E-state index contributed by atoms with van der Waals surface area (Å²) in [5, 5.41) is 6.54. The summed E-state index contributed by atoms with van der Waals surface area (Å²) in [6.07, 6.45) is 2.20. The van der Waals surface area contributed by atoms with Gasteiger partial charge in [0.1, 0.15) is 0 Å². The van der Waals surface area contributed by atoms with Gasteiger partial charge in [-0.15, -0.1) is 0 Å². The molecular weight excluding hydrogens is 318 g/mol. The highest BCUT2D eigenvalue weighted by Crippen LogP contribution is 2.08. The van der Waals surface area contributed by atoms with Crippen molar-refractivity contribution in [1.29, 1.82) is 0 Å². The van der Waals surface area contributed by atoms with E-state index in [-0.39, 0.29) is 6.10 Å². The third-order valence-corrected chi connectivity index (χ3v) is 3.81. The van der Waals surface area contributed by atoms with Crippen molar-refractivity contribution in [2.45, 2.75) is 32.5 Å². The van der Waals surface area contributed by atoms with Gasteiger partial charge < -0.3 is 24.8 Å². The molecule has 2 N–H and O–H groups in total. The smallest absolute Gasteiger partial charge is 0.191 e. The SMILES string of the molecule is CCNC(=NCCCOC1CCOC1)NCCOCc1ccccc1. The number of nitrogens with zero attached hydrogens (tertiary/aromatic N) is 1. The van der Waals surface area contributed by atoms with E-state index >= 15 is 0 Å². The Morgan fingerprint density at radius 3 is 2.88 bits per heavy atom. The van der Waals surface area contributed by atoms with Crippen molar-refractivity contribution in [2.24, 2.45) is 4.99 Å². The Morgan fingerprint density at radius 1 is 1.24 bits per heavy atom. The molecule has 6 nitrogen and oxygen atoms in total. The van der Waals surface area contributed by atoms with Crippen LogP contribution in [0.25, 0.3) is 0 Å². The first-order valence-corrected chi connectivity index (χ1v) is 9.21. The Kier molecular flexibility index (Phi) is 10.00. The summed E-state index contributed by atoms with van der Waals surface area (Å²) in [5.74, 6) is 0.829. The highest BCUT2D eigenvalue weighted by molar-refractivity contribution is 5.79. The van der Waals surface area contributed by atoms with E-state index in [1.54, 1.807) is 0 Å². The van der Waals surface area contributed by atoms with Crippen LogP contribution < -0.4 is 10.6 Å². The predicted molar refractivity (Wildman–Crippen MR) is 99.9 cm³/mol. The van der Waals surface area contributed by atoms with Gasteiger partial charge in [-0.3, -0.25) is 4.99 Å². The second kappa shape index (κ2) is 12.7. The fourth-order valence-electron chi connectivity index (χ4n) is 2.50. The minimum Gasteiger partial charge on any atom is -0.379 e.